The fourth-order valence-corrected chi connectivity index (χ4v) is 2.63. The van der Waals surface area contributed by atoms with Crippen molar-refractivity contribution in [1.29, 1.82) is 0 Å². The van der Waals surface area contributed by atoms with Crippen molar-refractivity contribution < 1.29 is 9.53 Å². The molecule has 2 rings (SSSR count). The van der Waals surface area contributed by atoms with E-state index in [2.05, 4.69) is 27.7 Å². The molecule has 0 spiro atoms. The molecular weight excluding hydrogens is 266 g/mol. The molecule has 1 saturated heterocycles. The second-order valence-corrected chi connectivity index (χ2v) is 5.25. The predicted molar refractivity (Wildman–Crippen MR) is 83.6 cm³/mol. The molecule has 1 aliphatic rings. The molecule has 1 heterocycles. The minimum atomic E-state index is -0.0584. The Morgan fingerprint density at radius 2 is 2.19 bits per heavy atom. The molecule has 1 aromatic rings. The Morgan fingerprint density at radius 1 is 1.43 bits per heavy atom. The van der Waals surface area contributed by atoms with E-state index >= 15 is 0 Å². The first-order chi connectivity index (χ1) is 10.2. The first kappa shape index (κ1) is 15.8. The van der Waals surface area contributed by atoms with E-state index in [-0.39, 0.29) is 11.9 Å². The van der Waals surface area contributed by atoms with Crippen LogP contribution in [0.4, 0.5) is 0 Å². The number of hydrogen-bond donors (Lipinski definition) is 2. The van der Waals surface area contributed by atoms with Crippen LogP contribution in [0.2, 0.25) is 0 Å². The molecule has 1 amide bonds. The number of carbonyl (C=O) groups excluding carboxylic acids is 1. The first-order valence-electron chi connectivity index (χ1n) is 7.60. The number of benzene rings is 1. The number of nitrogens with zero attached hydrogens (tertiary/aromatic N) is 1. The lowest BCUT2D eigenvalue weighted by atomic mass is 10.1. The fourth-order valence-electron chi connectivity index (χ4n) is 2.63. The molecule has 1 aromatic carbocycles. The lowest BCUT2D eigenvalue weighted by Crippen LogP contribution is -2.58. The van der Waals surface area contributed by atoms with Crippen LogP contribution in [0, 0.1) is 0 Å². The molecule has 5 nitrogen and oxygen atoms in total. The van der Waals surface area contributed by atoms with Gasteiger partial charge in [0.25, 0.3) is 0 Å². The van der Waals surface area contributed by atoms with E-state index in [0.717, 1.165) is 38.3 Å². The van der Waals surface area contributed by atoms with Crippen LogP contribution in [0.3, 0.4) is 0 Å². The number of methoxy groups -OCH3 is 1. The number of carbonyl (C=O) groups is 1. The number of likely N-dealkylation sites (N-methyl/N-ethyl adjacent to an activating group) is 1. The Kier molecular flexibility index (Phi) is 6.02. The van der Waals surface area contributed by atoms with Crippen LogP contribution in [0.25, 0.3) is 0 Å². The van der Waals surface area contributed by atoms with E-state index in [9.17, 15) is 4.79 Å². The molecule has 0 radical (unpaired) electrons. The zero-order valence-corrected chi connectivity index (χ0v) is 12.9. The Labute approximate surface area is 126 Å². The highest BCUT2D eigenvalue weighted by Gasteiger charge is 2.27. The maximum atomic E-state index is 12.1. The van der Waals surface area contributed by atoms with E-state index < -0.39 is 0 Å². The largest absolute Gasteiger partial charge is 0.497 e. The number of ether oxygens (including phenoxy) is 1. The van der Waals surface area contributed by atoms with Gasteiger partial charge in [0, 0.05) is 32.7 Å². The third-order valence-electron chi connectivity index (χ3n) is 3.85. The van der Waals surface area contributed by atoms with Crippen LogP contribution < -0.4 is 15.4 Å². The summed E-state index contributed by atoms with van der Waals surface area (Å²) >= 11 is 0. The van der Waals surface area contributed by atoms with Gasteiger partial charge in [0.2, 0.25) is 5.91 Å². The highest BCUT2D eigenvalue weighted by atomic mass is 16.5. The summed E-state index contributed by atoms with van der Waals surface area (Å²) in [5, 5.41) is 6.22. The Balaban J connectivity index is 1.90. The SMILES string of the molecule is CCNC(=O)C1CNCCN1CCc1ccc(OC)cc1. The molecule has 2 N–H and O–H groups in total. The van der Waals surface area contributed by atoms with Crippen LogP contribution in [0.5, 0.6) is 5.75 Å². The van der Waals surface area contributed by atoms with Gasteiger partial charge in [-0.1, -0.05) is 12.1 Å². The lowest BCUT2D eigenvalue weighted by molar-refractivity contribution is -0.126. The summed E-state index contributed by atoms with van der Waals surface area (Å²) < 4.78 is 5.17. The number of amides is 1. The summed E-state index contributed by atoms with van der Waals surface area (Å²) in [4.78, 5) is 14.4. The third-order valence-corrected chi connectivity index (χ3v) is 3.85. The van der Waals surface area contributed by atoms with Crippen molar-refractivity contribution in [3.8, 4) is 5.75 Å². The van der Waals surface area contributed by atoms with E-state index in [1.807, 2.05) is 19.1 Å². The van der Waals surface area contributed by atoms with E-state index in [1.54, 1.807) is 7.11 Å². The normalized spacial score (nSPS) is 19.2. The van der Waals surface area contributed by atoms with Crippen LogP contribution in [-0.4, -0.2) is 56.7 Å². The molecule has 0 aliphatic carbocycles. The van der Waals surface area contributed by atoms with Crippen LogP contribution in [-0.2, 0) is 11.2 Å². The number of piperazine rings is 1. The molecule has 21 heavy (non-hydrogen) atoms. The van der Waals surface area contributed by atoms with Crippen LogP contribution in [0.1, 0.15) is 12.5 Å². The Hall–Kier alpha value is -1.59. The highest BCUT2D eigenvalue weighted by Crippen LogP contribution is 2.13. The summed E-state index contributed by atoms with van der Waals surface area (Å²) in [5.41, 5.74) is 1.27. The summed E-state index contributed by atoms with van der Waals surface area (Å²) in [7, 11) is 1.67. The minimum Gasteiger partial charge on any atom is -0.497 e. The Morgan fingerprint density at radius 3 is 2.86 bits per heavy atom. The van der Waals surface area contributed by atoms with E-state index in [4.69, 9.17) is 4.74 Å². The number of nitrogens with one attached hydrogen (secondary N) is 2. The average molecular weight is 291 g/mol. The standard InChI is InChI=1S/C16H25N3O2/c1-3-18-16(20)15-12-17-9-11-19(15)10-8-13-4-6-14(21-2)7-5-13/h4-7,15,17H,3,8-12H2,1-2H3,(H,18,20). The molecule has 116 valence electrons. The van der Waals surface area contributed by atoms with Gasteiger partial charge in [-0.2, -0.15) is 0 Å². The quantitative estimate of drug-likeness (QED) is 0.808. The summed E-state index contributed by atoms with van der Waals surface area (Å²) in [6.45, 7) is 6.12. The van der Waals surface area contributed by atoms with Crippen molar-refractivity contribution in [2.24, 2.45) is 0 Å². The average Bonchev–Trinajstić information content (AvgIpc) is 2.54. The third kappa shape index (κ3) is 4.44. The zero-order valence-electron chi connectivity index (χ0n) is 12.9. The zero-order chi connectivity index (χ0) is 15.1. The second kappa shape index (κ2) is 8.00. The van der Waals surface area contributed by atoms with Gasteiger partial charge in [0.05, 0.1) is 7.11 Å². The van der Waals surface area contributed by atoms with Gasteiger partial charge in [0.1, 0.15) is 11.8 Å². The summed E-state index contributed by atoms with van der Waals surface area (Å²) in [6, 6.07) is 8.07. The fraction of sp³-hybridized carbons (Fsp3) is 0.562. The van der Waals surface area contributed by atoms with Gasteiger partial charge in [-0.3, -0.25) is 9.69 Å². The van der Waals surface area contributed by atoms with Crippen molar-refractivity contribution >= 4 is 5.91 Å². The van der Waals surface area contributed by atoms with Gasteiger partial charge < -0.3 is 15.4 Å². The molecule has 5 heteroatoms. The van der Waals surface area contributed by atoms with Gasteiger partial charge in [-0.05, 0) is 31.0 Å². The maximum absolute atomic E-state index is 12.1. The molecule has 0 saturated carbocycles. The van der Waals surface area contributed by atoms with Crippen molar-refractivity contribution in [1.82, 2.24) is 15.5 Å². The number of rotatable bonds is 6. The first-order valence-corrected chi connectivity index (χ1v) is 7.60. The monoisotopic (exact) mass is 291 g/mol. The van der Waals surface area contributed by atoms with Crippen LogP contribution in [0.15, 0.2) is 24.3 Å². The molecular formula is C16H25N3O2. The predicted octanol–water partition coefficient (Wildman–Crippen LogP) is 0.648. The molecule has 1 fully saturated rings. The van der Waals surface area contributed by atoms with Crippen molar-refractivity contribution in [3.63, 3.8) is 0 Å². The van der Waals surface area contributed by atoms with Crippen molar-refractivity contribution in [3.05, 3.63) is 29.8 Å². The molecule has 0 aromatic heterocycles. The summed E-state index contributed by atoms with van der Waals surface area (Å²) in [6.07, 6.45) is 0.944. The van der Waals surface area contributed by atoms with E-state index in [0.29, 0.717) is 6.54 Å². The second-order valence-electron chi connectivity index (χ2n) is 5.25. The summed E-state index contributed by atoms with van der Waals surface area (Å²) in [5.74, 6) is 1.00. The van der Waals surface area contributed by atoms with Crippen molar-refractivity contribution in [2.45, 2.75) is 19.4 Å². The molecule has 1 aliphatic heterocycles. The van der Waals surface area contributed by atoms with E-state index in [1.165, 1.54) is 5.56 Å². The van der Waals surface area contributed by atoms with Gasteiger partial charge >= 0.3 is 0 Å². The smallest absolute Gasteiger partial charge is 0.238 e. The molecule has 1 atom stereocenters. The topological polar surface area (TPSA) is 53.6 Å². The van der Waals surface area contributed by atoms with Crippen LogP contribution >= 0.6 is 0 Å². The molecule has 1 unspecified atom stereocenters. The van der Waals surface area contributed by atoms with Gasteiger partial charge in [0.15, 0.2) is 0 Å². The lowest BCUT2D eigenvalue weighted by Gasteiger charge is -2.35. The van der Waals surface area contributed by atoms with Crippen molar-refractivity contribution in [2.75, 3.05) is 39.8 Å². The maximum Gasteiger partial charge on any atom is 0.238 e. The van der Waals surface area contributed by atoms with Gasteiger partial charge in [-0.25, -0.2) is 0 Å². The molecule has 0 bridgehead atoms. The Bertz CT molecular complexity index is 447. The minimum absolute atomic E-state index is 0.0584. The van der Waals surface area contributed by atoms with Gasteiger partial charge in [-0.15, -0.1) is 0 Å². The highest BCUT2D eigenvalue weighted by molar-refractivity contribution is 5.82. The number of hydrogen-bond acceptors (Lipinski definition) is 4.